The molecule has 3 nitrogen and oxygen atoms in total. The second kappa shape index (κ2) is 7.36. The van der Waals surface area contributed by atoms with E-state index in [0.717, 1.165) is 26.7 Å². The van der Waals surface area contributed by atoms with Crippen LogP contribution in [-0.4, -0.2) is 18.5 Å². The van der Waals surface area contributed by atoms with Gasteiger partial charge in [-0.05, 0) is 35.3 Å². The summed E-state index contributed by atoms with van der Waals surface area (Å²) in [5.74, 6) is 0.0357. The predicted octanol–water partition coefficient (Wildman–Crippen LogP) is 3.17. The zero-order valence-electron chi connectivity index (χ0n) is 9.85. The third-order valence-electron chi connectivity index (χ3n) is 2.22. The van der Waals surface area contributed by atoms with Crippen LogP contribution in [-0.2, 0) is 11.3 Å². The second-order valence-corrected chi connectivity index (χ2v) is 6.32. The first kappa shape index (κ1) is 15.0. The van der Waals surface area contributed by atoms with Crippen LogP contribution >= 0.6 is 38.9 Å². The van der Waals surface area contributed by atoms with Crippen LogP contribution in [0.15, 0.2) is 10.5 Å². The molecule has 1 atom stereocenters. The van der Waals surface area contributed by atoms with Crippen molar-refractivity contribution in [2.24, 2.45) is 0 Å². The lowest BCUT2D eigenvalue weighted by molar-refractivity contribution is -0.122. The fourth-order valence-electron chi connectivity index (χ4n) is 1.23. The lowest BCUT2D eigenvalue weighted by atomic mass is 10.3. The molecule has 17 heavy (non-hydrogen) atoms. The first-order valence-electron chi connectivity index (χ1n) is 5.49. The van der Waals surface area contributed by atoms with Gasteiger partial charge in [0, 0.05) is 22.4 Å². The Morgan fingerprint density at radius 1 is 1.65 bits per heavy atom. The highest BCUT2D eigenvalue weighted by Gasteiger charge is 2.12. The van der Waals surface area contributed by atoms with E-state index in [9.17, 15) is 4.79 Å². The van der Waals surface area contributed by atoms with Crippen molar-refractivity contribution in [1.29, 1.82) is 0 Å². The Bertz CT molecular complexity index is 364. The molecule has 96 valence electrons. The average Bonchev–Trinajstić information content (AvgIpc) is 2.62. The van der Waals surface area contributed by atoms with Crippen LogP contribution in [0.2, 0.25) is 4.34 Å². The largest absolute Gasteiger partial charge is 0.355 e. The van der Waals surface area contributed by atoms with Crippen LogP contribution < -0.4 is 10.6 Å². The number of amides is 1. The summed E-state index contributed by atoms with van der Waals surface area (Å²) in [5.41, 5.74) is 0. The maximum absolute atomic E-state index is 11.6. The molecule has 1 aromatic heterocycles. The van der Waals surface area contributed by atoms with Crippen LogP contribution in [0.25, 0.3) is 0 Å². The van der Waals surface area contributed by atoms with Crippen molar-refractivity contribution in [3.05, 3.63) is 19.8 Å². The molecule has 0 saturated carbocycles. The molecule has 1 aromatic rings. The van der Waals surface area contributed by atoms with E-state index in [2.05, 4.69) is 26.6 Å². The van der Waals surface area contributed by atoms with Crippen LogP contribution in [0, 0.1) is 0 Å². The van der Waals surface area contributed by atoms with Crippen LogP contribution in [0.1, 0.15) is 25.1 Å². The standard InChI is InChI=1S/C11H16BrClN2OS/c1-3-4-14-11(16)7(2)15-6-8-5-9(12)10(13)17-8/h5,7,15H,3-4,6H2,1-2H3,(H,14,16). The Morgan fingerprint density at radius 3 is 2.88 bits per heavy atom. The molecule has 0 aliphatic carbocycles. The maximum Gasteiger partial charge on any atom is 0.236 e. The summed E-state index contributed by atoms with van der Waals surface area (Å²) in [4.78, 5) is 12.7. The Morgan fingerprint density at radius 2 is 2.35 bits per heavy atom. The summed E-state index contributed by atoms with van der Waals surface area (Å²) in [5, 5.41) is 6.02. The van der Waals surface area contributed by atoms with Crippen LogP contribution in [0.5, 0.6) is 0 Å². The first-order valence-corrected chi connectivity index (χ1v) is 7.48. The van der Waals surface area contributed by atoms with Gasteiger partial charge in [-0.15, -0.1) is 11.3 Å². The minimum absolute atomic E-state index is 0.0357. The highest BCUT2D eigenvalue weighted by atomic mass is 79.9. The molecule has 0 radical (unpaired) electrons. The van der Waals surface area contributed by atoms with Gasteiger partial charge in [-0.25, -0.2) is 0 Å². The lowest BCUT2D eigenvalue weighted by Gasteiger charge is -2.12. The van der Waals surface area contributed by atoms with Crippen LogP contribution in [0.3, 0.4) is 0 Å². The maximum atomic E-state index is 11.6. The molecular formula is C11H16BrClN2OS. The fourth-order valence-corrected chi connectivity index (χ4v) is 2.97. The molecule has 1 heterocycles. The molecule has 0 saturated heterocycles. The van der Waals surface area contributed by atoms with Crippen molar-refractivity contribution in [1.82, 2.24) is 10.6 Å². The smallest absolute Gasteiger partial charge is 0.236 e. The van der Waals surface area contributed by atoms with Crippen molar-refractivity contribution >= 4 is 44.8 Å². The highest BCUT2D eigenvalue weighted by Crippen LogP contribution is 2.31. The molecule has 2 N–H and O–H groups in total. The van der Waals surface area contributed by atoms with E-state index >= 15 is 0 Å². The number of thiophene rings is 1. The van der Waals surface area contributed by atoms with Crippen molar-refractivity contribution in [3.63, 3.8) is 0 Å². The Kier molecular flexibility index (Phi) is 6.48. The summed E-state index contributed by atoms with van der Waals surface area (Å²) in [6.07, 6.45) is 0.950. The molecule has 6 heteroatoms. The number of hydrogen-bond acceptors (Lipinski definition) is 3. The fraction of sp³-hybridized carbons (Fsp3) is 0.545. The highest BCUT2D eigenvalue weighted by molar-refractivity contribution is 9.10. The van der Waals surface area contributed by atoms with Gasteiger partial charge in [0.05, 0.1) is 6.04 Å². The summed E-state index contributed by atoms with van der Waals surface area (Å²) in [6, 6.07) is 1.78. The Hall–Kier alpha value is -0.100. The number of nitrogens with one attached hydrogen (secondary N) is 2. The van der Waals surface area contributed by atoms with Gasteiger partial charge < -0.3 is 10.6 Å². The Labute approximate surface area is 119 Å². The van der Waals surface area contributed by atoms with Crippen LogP contribution in [0.4, 0.5) is 0 Å². The van der Waals surface area contributed by atoms with Gasteiger partial charge >= 0.3 is 0 Å². The molecule has 0 spiro atoms. The molecule has 1 amide bonds. The normalized spacial score (nSPS) is 12.5. The third-order valence-corrected chi connectivity index (χ3v) is 4.70. The van der Waals surface area contributed by atoms with Gasteiger partial charge in [-0.1, -0.05) is 18.5 Å². The van der Waals surface area contributed by atoms with E-state index in [1.54, 1.807) is 0 Å². The number of halogens is 2. The summed E-state index contributed by atoms with van der Waals surface area (Å²) in [6.45, 7) is 5.26. The van der Waals surface area contributed by atoms with Crippen molar-refractivity contribution in [3.8, 4) is 0 Å². The molecule has 0 aliphatic rings. The van der Waals surface area contributed by atoms with E-state index < -0.39 is 0 Å². The number of carbonyl (C=O) groups is 1. The minimum atomic E-state index is -0.193. The molecule has 1 rings (SSSR count). The third kappa shape index (κ3) is 4.95. The molecule has 0 aromatic carbocycles. The van der Waals surface area contributed by atoms with Gasteiger partial charge in [0.1, 0.15) is 4.34 Å². The SMILES string of the molecule is CCCNC(=O)C(C)NCc1cc(Br)c(Cl)s1. The number of rotatable bonds is 6. The summed E-state index contributed by atoms with van der Waals surface area (Å²) < 4.78 is 1.65. The Balaban J connectivity index is 2.37. The molecular weight excluding hydrogens is 324 g/mol. The number of carbonyl (C=O) groups excluding carboxylic acids is 1. The van der Waals surface area contributed by atoms with Crippen molar-refractivity contribution in [2.45, 2.75) is 32.9 Å². The minimum Gasteiger partial charge on any atom is -0.355 e. The predicted molar refractivity (Wildman–Crippen MR) is 76.6 cm³/mol. The quantitative estimate of drug-likeness (QED) is 0.836. The molecule has 1 unspecified atom stereocenters. The summed E-state index contributed by atoms with van der Waals surface area (Å²) in [7, 11) is 0. The van der Waals surface area contributed by atoms with Gasteiger partial charge in [0.25, 0.3) is 0 Å². The van der Waals surface area contributed by atoms with Crippen molar-refractivity contribution < 1.29 is 4.79 Å². The van der Waals surface area contributed by atoms with Gasteiger partial charge in [0.15, 0.2) is 0 Å². The molecule has 0 bridgehead atoms. The van der Waals surface area contributed by atoms with E-state index in [1.165, 1.54) is 11.3 Å². The summed E-state index contributed by atoms with van der Waals surface area (Å²) >= 11 is 10.8. The topological polar surface area (TPSA) is 41.1 Å². The molecule has 0 fully saturated rings. The van der Waals surface area contributed by atoms with Crippen molar-refractivity contribution in [2.75, 3.05) is 6.54 Å². The molecule has 0 aliphatic heterocycles. The zero-order valence-corrected chi connectivity index (χ0v) is 13.0. The monoisotopic (exact) mass is 338 g/mol. The lowest BCUT2D eigenvalue weighted by Crippen LogP contribution is -2.41. The first-order chi connectivity index (χ1) is 8.04. The van der Waals surface area contributed by atoms with Gasteiger partial charge in [-0.3, -0.25) is 4.79 Å². The van der Waals surface area contributed by atoms with E-state index in [4.69, 9.17) is 11.6 Å². The second-order valence-electron chi connectivity index (χ2n) is 3.73. The van der Waals surface area contributed by atoms with Gasteiger partial charge in [-0.2, -0.15) is 0 Å². The average molecular weight is 340 g/mol. The zero-order chi connectivity index (χ0) is 12.8. The number of hydrogen-bond donors (Lipinski definition) is 2. The van der Waals surface area contributed by atoms with Gasteiger partial charge in [0.2, 0.25) is 5.91 Å². The van der Waals surface area contributed by atoms with E-state index in [1.807, 2.05) is 19.9 Å². The van der Waals surface area contributed by atoms with E-state index in [0.29, 0.717) is 6.54 Å². The van der Waals surface area contributed by atoms with E-state index in [-0.39, 0.29) is 11.9 Å².